The number of aryl methyl sites for hydroxylation is 1. The number of carbonyl (C=O) groups excluding carboxylic acids is 1. The Kier molecular flexibility index (Phi) is 8.88. The molecule has 0 bridgehead atoms. The van der Waals surface area contributed by atoms with Crippen molar-refractivity contribution in [1.82, 2.24) is 10.7 Å². The van der Waals surface area contributed by atoms with Crippen LogP contribution in [0.1, 0.15) is 18.1 Å². The molecular formula is C20H23BrN4O3S. The second-order valence-electron chi connectivity index (χ2n) is 5.96. The Balaban J connectivity index is 2.00. The molecule has 0 spiro atoms. The summed E-state index contributed by atoms with van der Waals surface area (Å²) in [4.78, 5) is 12.1. The van der Waals surface area contributed by atoms with E-state index in [0.29, 0.717) is 28.8 Å². The third kappa shape index (κ3) is 7.35. The largest absolute Gasteiger partial charge is 0.493 e. The number of benzene rings is 2. The number of ether oxygens (including phenoxy) is 2. The van der Waals surface area contributed by atoms with Crippen molar-refractivity contribution in [1.29, 1.82) is 0 Å². The lowest BCUT2D eigenvalue weighted by Crippen LogP contribution is -2.31. The van der Waals surface area contributed by atoms with Crippen molar-refractivity contribution in [2.45, 2.75) is 13.8 Å². The molecule has 29 heavy (non-hydrogen) atoms. The number of carbonyl (C=O) groups is 1. The van der Waals surface area contributed by atoms with Crippen LogP contribution >= 0.6 is 28.1 Å². The van der Waals surface area contributed by atoms with Gasteiger partial charge in [-0.15, -0.1) is 0 Å². The van der Waals surface area contributed by atoms with E-state index in [4.69, 9.17) is 21.7 Å². The molecule has 0 saturated heterocycles. The summed E-state index contributed by atoms with van der Waals surface area (Å²) in [6.07, 6.45) is 1.60. The molecule has 0 aromatic heterocycles. The minimum absolute atomic E-state index is 0.150. The Labute approximate surface area is 184 Å². The summed E-state index contributed by atoms with van der Waals surface area (Å²) in [7, 11) is 1.53. The SMILES string of the molecule is CCNC(=S)N/N=C\c1cc(OC)c(OCC(=O)Nc2ccc(C)cc2)cc1Br. The molecule has 0 atom stereocenters. The molecule has 0 radical (unpaired) electrons. The number of hydrazone groups is 1. The molecule has 154 valence electrons. The average Bonchev–Trinajstić information content (AvgIpc) is 2.69. The molecule has 9 heteroatoms. The van der Waals surface area contributed by atoms with E-state index in [2.05, 4.69) is 37.1 Å². The van der Waals surface area contributed by atoms with Crippen LogP contribution in [0.4, 0.5) is 5.69 Å². The molecule has 3 N–H and O–H groups in total. The summed E-state index contributed by atoms with van der Waals surface area (Å²) in [5, 5.41) is 10.2. The van der Waals surface area contributed by atoms with E-state index in [0.717, 1.165) is 15.6 Å². The molecule has 0 aliphatic carbocycles. The summed E-state index contributed by atoms with van der Waals surface area (Å²) < 4.78 is 11.7. The predicted molar refractivity (Wildman–Crippen MR) is 123 cm³/mol. The van der Waals surface area contributed by atoms with Crippen molar-refractivity contribution in [3.63, 3.8) is 0 Å². The Morgan fingerprint density at radius 2 is 1.97 bits per heavy atom. The van der Waals surface area contributed by atoms with Gasteiger partial charge in [-0.3, -0.25) is 10.2 Å². The third-order valence-corrected chi connectivity index (χ3v) is 4.61. The fourth-order valence-electron chi connectivity index (χ4n) is 2.26. The van der Waals surface area contributed by atoms with Gasteiger partial charge in [-0.05, 0) is 66.3 Å². The number of nitrogens with one attached hydrogen (secondary N) is 3. The van der Waals surface area contributed by atoms with Gasteiger partial charge in [0.15, 0.2) is 23.2 Å². The maximum Gasteiger partial charge on any atom is 0.262 e. The van der Waals surface area contributed by atoms with Gasteiger partial charge in [0.2, 0.25) is 0 Å². The Bertz CT molecular complexity index is 888. The number of hydrogen-bond acceptors (Lipinski definition) is 5. The van der Waals surface area contributed by atoms with Crippen molar-refractivity contribution >= 4 is 51.1 Å². The fraction of sp³-hybridized carbons (Fsp3) is 0.250. The summed E-state index contributed by atoms with van der Waals surface area (Å²) >= 11 is 8.52. The normalized spacial score (nSPS) is 10.5. The minimum Gasteiger partial charge on any atom is -0.493 e. The van der Waals surface area contributed by atoms with Gasteiger partial charge in [0, 0.05) is 22.3 Å². The number of hydrogen-bond donors (Lipinski definition) is 3. The maximum absolute atomic E-state index is 12.1. The molecule has 0 fully saturated rings. The smallest absolute Gasteiger partial charge is 0.262 e. The Hall–Kier alpha value is -2.65. The zero-order valence-electron chi connectivity index (χ0n) is 16.4. The standard InChI is InChI=1S/C20H23BrN4O3S/c1-4-22-20(29)25-23-11-14-9-17(27-3)18(10-16(14)21)28-12-19(26)24-15-7-5-13(2)6-8-15/h5-11H,4,12H2,1-3H3,(H,24,26)(H2,22,25,29)/b23-11-. The number of amides is 1. The first-order valence-electron chi connectivity index (χ1n) is 8.86. The van der Waals surface area contributed by atoms with E-state index < -0.39 is 0 Å². The first-order chi connectivity index (χ1) is 13.9. The number of anilines is 1. The first kappa shape index (κ1) is 22.6. The Morgan fingerprint density at radius 3 is 2.62 bits per heavy atom. The molecule has 7 nitrogen and oxygen atoms in total. The molecule has 0 aliphatic heterocycles. The van der Waals surface area contributed by atoms with Gasteiger partial charge in [0.05, 0.1) is 13.3 Å². The van der Waals surface area contributed by atoms with Crippen LogP contribution in [-0.2, 0) is 4.79 Å². The summed E-state index contributed by atoms with van der Waals surface area (Å²) in [5.41, 5.74) is 5.31. The van der Waals surface area contributed by atoms with Gasteiger partial charge < -0.3 is 20.1 Å². The van der Waals surface area contributed by atoms with Crippen LogP contribution in [0, 0.1) is 6.92 Å². The summed E-state index contributed by atoms with van der Waals surface area (Å²) in [5.74, 6) is 0.651. The van der Waals surface area contributed by atoms with Crippen molar-refractivity contribution in [3.05, 3.63) is 52.0 Å². The lowest BCUT2D eigenvalue weighted by atomic mass is 10.2. The zero-order valence-corrected chi connectivity index (χ0v) is 18.8. The van der Waals surface area contributed by atoms with Crippen LogP contribution in [0.5, 0.6) is 11.5 Å². The molecule has 2 aromatic carbocycles. The second-order valence-corrected chi connectivity index (χ2v) is 7.22. The highest BCUT2D eigenvalue weighted by molar-refractivity contribution is 9.10. The molecule has 0 heterocycles. The lowest BCUT2D eigenvalue weighted by Gasteiger charge is -2.13. The molecule has 2 rings (SSSR count). The molecule has 0 aliphatic rings. The monoisotopic (exact) mass is 478 g/mol. The van der Waals surface area contributed by atoms with Gasteiger partial charge in [-0.1, -0.05) is 17.7 Å². The van der Waals surface area contributed by atoms with Crippen molar-refractivity contribution in [2.24, 2.45) is 5.10 Å². The van der Waals surface area contributed by atoms with E-state index in [1.54, 1.807) is 18.3 Å². The minimum atomic E-state index is -0.265. The fourth-order valence-corrected chi connectivity index (χ4v) is 2.88. The van der Waals surface area contributed by atoms with Crippen LogP contribution in [-0.4, -0.2) is 37.5 Å². The van der Waals surface area contributed by atoms with Gasteiger partial charge in [0.1, 0.15) is 0 Å². The van der Waals surface area contributed by atoms with Gasteiger partial charge in [-0.25, -0.2) is 0 Å². The number of halogens is 1. The summed E-state index contributed by atoms with van der Waals surface area (Å²) in [6.45, 7) is 4.49. The molecule has 0 saturated carbocycles. The molecule has 0 unspecified atom stereocenters. The highest BCUT2D eigenvalue weighted by atomic mass is 79.9. The average molecular weight is 479 g/mol. The van der Waals surface area contributed by atoms with Crippen LogP contribution in [0.2, 0.25) is 0 Å². The van der Waals surface area contributed by atoms with E-state index in [9.17, 15) is 4.79 Å². The van der Waals surface area contributed by atoms with Crippen molar-refractivity contribution in [2.75, 3.05) is 25.6 Å². The van der Waals surface area contributed by atoms with Crippen LogP contribution in [0.25, 0.3) is 0 Å². The first-order valence-corrected chi connectivity index (χ1v) is 10.1. The third-order valence-electron chi connectivity index (χ3n) is 3.68. The number of methoxy groups -OCH3 is 1. The number of thiocarbonyl (C=S) groups is 1. The van der Waals surface area contributed by atoms with Crippen molar-refractivity contribution in [3.8, 4) is 11.5 Å². The highest BCUT2D eigenvalue weighted by Gasteiger charge is 2.12. The highest BCUT2D eigenvalue weighted by Crippen LogP contribution is 2.33. The number of rotatable bonds is 8. The van der Waals surface area contributed by atoms with Crippen LogP contribution in [0.15, 0.2) is 46.0 Å². The maximum atomic E-state index is 12.1. The van der Waals surface area contributed by atoms with Crippen LogP contribution in [0.3, 0.4) is 0 Å². The number of nitrogens with zero attached hydrogens (tertiary/aromatic N) is 1. The summed E-state index contributed by atoms with van der Waals surface area (Å²) in [6, 6.07) is 11.0. The molecular weight excluding hydrogens is 456 g/mol. The van der Waals surface area contributed by atoms with Gasteiger partial charge >= 0.3 is 0 Å². The van der Waals surface area contributed by atoms with E-state index in [1.165, 1.54) is 7.11 Å². The lowest BCUT2D eigenvalue weighted by molar-refractivity contribution is -0.118. The van der Waals surface area contributed by atoms with E-state index in [-0.39, 0.29) is 12.5 Å². The quantitative estimate of drug-likeness (QED) is 0.305. The zero-order chi connectivity index (χ0) is 21.2. The van der Waals surface area contributed by atoms with Crippen molar-refractivity contribution < 1.29 is 14.3 Å². The van der Waals surface area contributed by atoms with E-state index >= 15 is 0 Å². The van der Waals surface area contributed by atoms with E-state index in [1.807, 2.05) is 38.1 Å². The van der Waals surface area contributed by atoms with Gasteiger partial charge in [0.25, 0.3) is 5.91 Å². The molecule has 1 amide bonds. The van der Waals surface area contributed by atoms with Gasteiger partial charge in [-0.2, -0.15) is 5.10 Å². The van der Waals surface area contributed by atoms with Crippen LogP contribution < -0.4 is 25.5 Å². The predicted octanol–water partition coefficient (Wildman–Crippen LogP) is 3.60. The molecule has 2 aromatic rings. The second kappa shape index (κ2) is 11.4. The Morgan fingerprint density at radius 1 is 1.24 bits per heavy atom. The topological polar surface area (TPSA) is 84.0 Å².